The van der Waals surface area contributed by atoms with E-state index in [0.717, 1.165) is 5.56 Å². The number of halogens is 1. The Balaban J connectivity index is 1.56. The summed E-state index contributed by atoms with van der Waals surface area (Å²) in [5, 5.41) is 10.5. The molecule has 0 bridgehead atoms. The molecular formula is C27H33FN6O3. The Bertz CT molecular complexity index is 1330. The fourth-order valence-electron chi connectivity index (χ4n) is 4.59. The lowest BCUT2D eigenvalue weighted by molar-refractivity contribution is -0.127. The van der Waals surface area contributed by atoms with Gasteiger partial charge in [0.1, 0.15) is 17.4 Å². The number of hydrogen-bond donors (Lipinski definition) is 3. The topological polar surface area (TPSA) is 122 Å². The molecular weight excluding hydrogens is 475 g/mol. The fourth-order valence-corrected chi connectivity index (χ4v) is 4.59. The van der Waals surface area contributed by atoms with Crippen LogP contribution in [0.25, 0.3) is 10.9 Å². The lowest BCUT2D eigenvalue weighted by Gasteiger charge is -2.30. The van der Waals surface area contributed by atoms with E-state index in [1.165, 1.54) is 16.8 Å². The van der Waals surface area contributed by atoms with Crippen LogP contribution in [0.15, 0.2) is 42.5 Å². The minimum absolute atomic E-state index is 0.0220. The SMILES string of the molecule is CN1CC(CNC(=O)C(NC(=O)c2nn(Cc3ccc(N)cc3)c3c(F)cccc23)C(C)(C)C)CC1=O. The molecule has 4 rings (SSSR count). The average molecular weight is 509 g/mol. The van der Waals surface area contributed by atoms with Crippen LogP contribution in [0.4, 0.5) is 10.1 Å². The molecule has 2 atom stereocenters. The van der Waals surface area contributed by atoms with E-state index in [1.807, 2.05) is 32.9 Å². The Morgan fingerprint density at radius 3 is 2.51 bits per heavy atom. The quantitative estimate of drug-likeness (QED) is 0.424. The van der Waals surface area contributed by atoms with Gasteiger partial charge in [0, 0.05) is 43.5 Å². The van der Waals surface area contributed by atoms with Gasteiger partial charge in [-0.15, -0.1) is 0 Å². The van der Waals surface area contributed by atoms with Gasteiger partial charge < -0.3 is 21.3 Å². The van der Waals surface area contributed by atoms with Gasteiger partial charge in [0.25, 0.3) is 5.91 Å². The summed E-state index contributed by atoms with van der Waals surface area (Å²) in [5.74, 6) is -1.35. The van der Waals surface area contributed by atoms with E-state index in [4.69, 9.17) is 5.73 Å². The molecule has 37 heavy (non-hydrogen) atoms. The number of hydrogen-bond acceptors (Lipinski definition) is 5. The highest BCUT2D eigenvalue weighted by Crippen LogP contribution is 2.25. The van der Waals surface area contributed by atoms with Gasteiger partial charge in [-0.3, -0.25) is 19.1 Å². The van der Waals surface area contributed by atoms with Gasteiger partial charge >= 0.3 is 0 Å². The van der Waals surface area contributed by atoms with Gasteiger partial charge in [-0.25, -0.2) is 4.39 Å². The maximum atomic E-state index is 14.9. The highest BCUT2D eigenvalue weighted by atomic mass is 19.1. The Labute approximate surface area is 215 Å². The van der Waals surface area contributed by atoms with Crippen LogP contribution in [0.5, 0.6) is 0 Å². The Morgan fingerprint density at radius 2 is 1.89 bits per heavy atom. The molecule has 0 spiro atoms. The third-order valence-corrected chi connectivity index (χ3v) is 6.64. The van der Waals surface area contributed by atoms with E-state index >= 15 is 0 Å². The van der Waals surface area contributed by atoms with Crippen molar-refractivity contribution in [1.29, 1.82) is 0 Å². The third kappa shape index (κ3) is 5.73. The van der Waals surface area contributed by atoms with E-state index in [2.05, 4.69) is 15.7 Å². The number of nitrogens with two attached hydrogens (primary N) is 1. The number of carbonyl (C=O) groups is 3. The number of anilines is 1. The first kappa shape index (κ1) is 26.1. The number of likely N-dealkylation sites (tertiary alicyclic amines) is 1. The molecule has 10 heteroatoms. The molecule has 2 unspecified atom stereocenters. The zero-order valence-corrected chi connectivity index (χ0v) is 21.5. The van der Waals surface area contributed by atoms with Crippen LogP contribution in [0, 0.1) is 17.2 Å². The van der Waals surface area contributed by atoms with E-state index in [1.54, 1.807) is 30.1 Å². The highest BCUT2D eigenvalue weighted by molar-refractivity contribution is 6.06. The predicted octanol–water partition coefficient (Wildman–Crippen LogP) is 2.54. The number of amides is 3. The molecule has 2 aromatic carbocycles. The van der Waals surface area contributed by atoms with Crippen LogP contribution in [-0.2, 0) is 16.1 Å². The predicted molar refractivity (Wildman–Crippen MR) is 139 cm³/mol. The molecule has 1 fully saturated rings. The number of carbonyl (C=O) groups excluding carboxylic acids is 3. The molecule has 1 saturated heterocycles. The summed E-state index contributed by atoms with van der Waals surface area (Å²) >= 11 is 0. The molecule has 0 radical (unpaired) electrons. The van der Waals surface area contributed by atoms with Gasteiger partial charge in [-0.2, -0.15) is 5.10 Å². The number of fused-ring (bicyclic) bond motifs is 1. The first-order valence-corrected chi connectivity index (χ1v) is 12.3. The summed E-state index contributed by atoms with van der Waals surface area (Å²) in [4.78, 5) is 40.0. The normalized spacial score (nSPS) is 16.7. The number of para-hydroxylation sites is 1. The molecule has 1 aromatic heterocycles. The molecule has 1 aliphatic rings. The fraction of sp³-hybridized carbons (Fsp3) is 0.407. The maximum absolute atomic E-state index is 14.9. The summed E-state index contributed by atoms with van der Waals surface area (Å²) in [7, 11) is 1.74. The van der Waals surface area contributed by atoms with Gasteiger partial charge in [-0.1, -0.05) is 45.0 Å². The van der Waals surface area contributed by atoms with Crippen LogP contribution >= 0.6 is 0 Å². The van der Waals surface area contributed by atoms with Crippen LogP contribution in [0.2, 0.25) is 0 Å². The van der Waals surface area contributed by atoms with Crippen LogP contribution < -0.4 is 16.4 Å². The molecule has 3 amide bonds. The number of nitrogens with one attached hydrogen (secondary N) is 2. The van der Waals surface area contributed by atoms with Crippen molar-refractivity contribution in [3.63, 3.8) is 0 Å². The van der Waals surface area contributed by atoms with Crippen molar-refractivity contribution in [1.82, 2.24) is 25.3 Å². The summed E-state index contributed by atoms with van der Waals surface area (Å²) in [6, 6.07) is 10.7. The molecule has 9 nitrogen and oxygen atoms in total. The zero-order chi connectivity index (χ0) is 26.9. The smallest absolute Gasteiger partial charge is 0.273 e. The summed E-state index contributed by atoms with van der Waals surface area (Å²) in [6.07, 6.45) is 0.381. The zero-order valence-electron chi connectivity index (χ0n) is 21.5. The summed E-state index contributed by atoms with van der Waals surface area (Å²) < 4.78 is 16.3. The molecule has 0 saturated carbocycles. The van der Waals surface area contributed by atoms with Crippen molar-refractivity contribution in [2.45, 2.75) is 39.8 Å². The van der Waals surface area contributed by atoms with E-state index in [9.17, 15) is 18.8 Å². The van der Waals surface area contributed by atoms with Crippen molar-refractivity contribution in [3.8, 4) is 0 Å². The molecule has 2 heterocycles. The van der Waals surface area contributed by atoms with Gasteiger partial charge in [0.05, 0.1) is 6.54 Å². The van der Waals surface area contributed by atoms with Crippen molar-refractivity contribution in [2.24, 2.45) is 11.3 Å². The Hall–Kier alpha value is -3.95. The Morgan fingerprint density at radius 1 is 1.19 bits per heavy atom. The van der Waals surface area contributed by atoms with Gasteiger partial charge in [0.15, 0.2) is 5.69 Å². The average Bonchev–Trinajstić information content (AvgIpc) is 3.36. The van der Waals surface area contributed by atoms with Crippen LogP contribution in [0.3, 0.4) is 0 Å². The lowest BCUT2D eigenvalue weighted by atomic mass is 9.86. The molecule has 4 N–H and O–H groups in total. The van der Waals surface area contributed by atoms with E-state index in [-0.39, 0.29) is 35.5 Å². The van der Waals surface area contributed by atoms with E-state index in [0.29, 0.717) is 30.6 Å². The first-order chi connectivity index (χ1) is 17.4. The minimum atomic E-state index is -0.874. The van der Waals surface area contributed by atoms with E-state index < -0.39 is 23.2 Å². The highest BCUT2D eigenvalue weighted by Gasteiger charge is 2.35. The standard InChI is InChI=1S/C27H33FN6O3/c1-27(2,3)24(26(37)30-13-17-12-21(35)33(4)14-17)31-25(36)22-19-6-5-7-20(28)23(19)34(32-22)15-16-8-10-18(29)11-9-16/h5-11,17,24H,12-15,29H2,1-4H3,(H,30,37)(H,31,36). The Kier molecular flexibility index (Phi) is 7.20. The molecule has 3 aromatic rings. The number of aromatic nitrogens is 2. The van der Waals surface area contributed by atoms with Crippen molar-refractivity contribution < 1.29 is 18.8 Å². The molecule has 1 aliphatic heterocycles. The first-order valence-electron chi connectivity index (χ1n) is 12.3. The largest absolute Gasteiger partial charge is 0.399 e. The van der Waals surface area contributed by atoms with Crippen LogP contribution in [-0.4, -0.2) is 58.6 Å². The number of rotatable bonds is 7. The number of nitrogen functional groups attached to an aromatic ring is 1. The minimum Gasteiger partial charge on any atom is -0.399 e. The number of nitrogens with zero attached hydrogens (tertiary/aromatic N) is 3. The van der Waals surface area contributed by atoms with Gasteiger partial charge in [-0.05, 0) is 29.2 Å². The van der Waals surface area contributed by atoms with Crippen molar-refractivity contribution in [2.75, 3.05) is 25.9 Å². The van der Waals surface area contributed by atoms with Crippen molar-refractivity contribution in [3.05, 3.63) is 59.5 Å². The molecule has 0 aliphatic carbocycles. The summed E-state index contributed by atoms with van der Waals surface area (Å²) in [5.41, 5.74) is 6.85. The van der Waals surface area contributed by atoms with Gasteiger partial charge in [0.2, 0.25) is 11.8 Å². The second-order valence-electron chi connectivity index (χ2n) is 10.7. The lowest BCUT2D eigenvalue weighted by Crippen LogP contribution is -2.54. The maximum Gasteiger partial charge on any atom is 0.273 e. The van der Waals surface area contributed by atoms with Crippen molar-refractivity contribution >= 4 is 34.3 Å². The third-order valence-electron chi connectivity index (χ3n) is 6.64. The second-order valence-corrected chi connectivity index (χ2v) is 10.7. The molecule has 196 valence electrons. The number of benzene rings is 2. The second kappa shape index (κ2) is 10.2. The monoisotopic (exact) mass is 508 g/mol. The van der Waals surface area contributed by atoms with Crippen LogP contribution in [0.1, 0.15) is 43.2 Å². The summed E-state index contributed by atoms with van der Waals surface area (Å²) in [6.45, 7) is 6.70.